The first-order valence-corrected chi connectivity index (χ1v) is 6.29. The molecule has 0 spiro atoms. The lowest BCUT2D eigenvalue weighted by molar-refractivity contribution is -0.291. The van der Waals surface area contributed by atoms with E-state index >= 15 is 0 Å². The van der Waals surface area contributed by atoms with E-state index in [-0.39, 0.29) is 5.56 Å². The largest absolute Gasteiger partial charge is 0.402 e. The molecule has 1 atom stereocenters. The second-order valence-corrected chi connectivity index (χ2v) is 5.19. The standard InChI is InChI=1S/C11H10BrF7N2/c12-6-1-2-7(13)5(3-6)4-8(21-20)9(10(14,15)16)11(17,18)19/h1-3,8-9,21H,4,20H2. The summed E-state index contributed by atoms with van der Waals surface area (Å²) in [4.78, 5) is 0. The Morgan fingerprint density at radius 3 is 2.05 bits per heavy atom. The Balaban J connectivity index is 3.13. The van der Waals surface area contributed by atoms with Crippen LogP contribution in [0.5, 0.6) is 0 Å². The second-order valence-electron chi connectivity index (χ2n) is 4.27. The summed E-state index contributed by atoms with van der Waals surface area (Å²) >= 11 is 2.96. The molecule has 0 aromatic heterocycles. The fraction of sp³-hybridized carbons (Fsp3) is 0.455. The number of benzene rings is 1. The van der Waals surface area contributed by atoms with E-state index in [1.54, 1.807) is 0 Å². The van der Waals surface area contributed by atoms with Gasteiger partial charge in [0.05, 0.1) is 0 Å². The smallest absolute Gasteiger partial charge is 0.271 e. The first kappa shape index (κ1) is 18.2. The Bertz CT molecular complexity index is 472. The quantitative estimate of drug-likeness (QED) is 0.473. The molecule has 1 aromatic rings. The molecule has 21 heavy (non-hydrogen) atoms. The number of halogens is 8. The molecule has 1 aromatic carbocycles. The van der Waals surface area contributed by atoms with Crippen LogP contribution in [0.1, 0.15) is 5.56 Å². The van der Waals surface area contributed by atoms with Crippen molar-refractivity contribution in [2.75, 3.05) is 0 Å². The number of nitrogens with two attached hydrogens (primary N) is 1. The zero-order valence-corrected chi connectivity index (χ0v) is 11.8. The van der Waals surface area contributed by atoms with Crippen molar-refractivity contribution in [3.8, 4) is 0 Å². The van der Waals surface area contributed by atoms with Crippen molar-refractivity contribution in [2.24, 2.45) is 11.8 Å². The maximum absolute atomic E-state index is 13.5. The Morgan fingerprint density at radius 2 is 1.62 bits per heavy atom. The third kappa shape index (κ3) is 4.82. The molecule has 1 unspecified atom stereocenters. The van der Waals surface area contributed by atoms with Gasteiger partial charge in [0.2, 0.25) is 0 Å². The minimum Gasteiger partial charge on any atom is -0.271 e. The van der Waals surface area contributed by atoms with E-state index in [1.165, 1.54) is 11.5 Å². The molecule has 0 aliphatic heterocycles. The number of nitrogens with one attached hydrogen (secondary N) is 1. The molecule has 120 valence electrons. The zero-order chi connectivity index (χ0) is 16.4. The lowest BCUT2D eigenvalue weighted by Gasteiger charge is -2.30. The van der Waals surface area contributed by atoms with E-state index < -0.39 is 36.6 Å². The first-order chi connectivity index (χ1) is 9.46. The highest BCUT2D eigenvalue weighted by molar-refractivity contribution is 9.10. The Morgan fingerprint density at radius 1 is 1.10 bits per heavy atom. The summed E-state index contributed by atoms with van der Waals surface area (Å²) < 4.78 is 89.5. The lowest BCUT2D eigenvalue weighted by Crippen LogP contribution is -2.54. The molecular formula is C11H10BrF7N2. The van der Waals surface area contributed by atoms with Gasteiger partial charge in [-0.05, 0) is 30.2 Å². The summed E-state index contributed by atoms with van der Waals surface area (Å²) in [7, 11) is 0. The number of hydrazine groups is 1. The maximum atomic E-state index is 13.5. The molecule has 0 saturated carbocycles. The van der Waals surface area contributed by atoms with Crippen LogP contribution in [0, 0.1) is 11.7 Å². The number of rotatable bonds is 4. The van der Waals surface area contributed by atoms with Crippen molar-refractivity contribution < 1.29 is 30.7 Å². The van der Waals surface area contributed by atoms with Crippen molar-refractivity contribution in [3.05, 3.63) is 34.1 Å². The molecule has 0 fully saturated rings. The Hall–Kier alpha value is -0.870. The van der Waals surface area contributed by atoms with Crippen molar-refractivity contribution in [1.82, 2.24) is 5.43 Å². The third-order valence-corrected chi connectivity index (χ3v) is 3.26. The van der Waals surface area contributed by atoms with E-state index in [2.05, 4.69) is 15.9 Å². The zero-order valence-electron chi connectivity index (χ0n) is 10.2. The molecule has 0 saturated heterocycles. The van der Waals surface area contributed by atoms with Gasteiger partial charge in [0.1, 0.15) is 5.82 Å². The van der Waals surface area contributed by atoms with Gasteiger partial charge in [-0.25, -0.2) is 4.39 Å². The molecule has 0 bridgehead atoms. The van der Waals surface area contributed by atoms with Crippen LogP contribution in [0.25, 0.3) is 0 Å². The fourth-order valence-corrected chi connectivity index (χ4v) is 2.26. The predicted octanol–water partition coefficient (Wildman–Crippen LogP) is 3.70. The van der Waals surface area contributed by atoms with Gasteiger partial charge in [-0.1, -0.05) is 15.9 Å². The summed E-state index contributed by atoms with van der Waals surface area (Å²) in [5.41, 5.74) is 1.17. The van der Waals surface area contributed by atoms with Crippen molar-refractivity contribution in [2.45, 2.75) is 24.8 Å². The first-order valence-electron chi connectivity index (χ1n) is 5.50. The molecule has 2 nitrogen and oxygen atoms in total. The monoisotopic (exact) mass is 382 g/mol. The molecule has 0 amide bonds. The predicted molar refractivity (Wildman–Crippen MR) is 64.5 cm³/mol. The normalized spacial score (nSPS) is 14.6. The summed E-state index contributed by atoms with van der Waals surface area (Å²) in [6.07, 6.45) is -12.0. The van der Waals surface area contributed by atoms with Gasteiger partial charge in [0, 0.05) is 10.5 Å². The highest BCUT2D eigenvalue weighted by atomic mass is 79.9. The van der Waals surface area contributed by atoms with Crippen LogP contribution in [-0.2, 0) is 6.42 Å². The van der Waals surface area contributed by atoms with Crippen LogP contribution in [-0.4, -0.2) is 18.4 Å². The third-order valence-electron chi connectivity index (χ3n) is 2.77. The van der Waals surface area contributed by atoms with Crippen LogP contribution in [0.3, 0.4) is 0 Å². The molecule has 10 heteroatoms. The molecule has 0 heterocycles. The van der Waals surface area contributed by atoms with Crippen molar-refractivity contribution in [1.29, 1.82) is 0 Å². The Labute approximate surface area is 123 Å². The topological polar surface area (TPSA) is 38.0 Å². The van der Waals surface area contributed by atoms with Gasteiger partial charge in [-0.3, -0.25) is 11.3 Å². The number of hydrogen-bond acceptors (Lipinski definition) is 2. The van der Waals surface area contributed by atoms with E-state index in [4.69, 9.17) is 5.84 Å². The van der Waals surface area contributed by atoms with Crippen LogP contribution < -0.4 is 11.3 Å². The highest BCUT2D eigenvalue weighted by Gasteiger charge is 2.60. The van der Waals surface area contributed by atoms with Gasteiger partial charge in [-0.2, -0.15) is 26.3 Å². The van der Waals surface area contributed by atoms with Crippen molar-refractivity contribution >= 4 is 15.9 Å². The van der Waals surface area contributed by atoms with Gasteiger partial charge in [0.25, 0.3) is 0 Å². The van der Waals surface area contributed by atoms with E-state index in [0.717, 1.165) is 12.1 Å². The summed E-state index contributed by atoms with van der Waals surface area (Å²) in [5, 5.41) is 0. The SMILES string of the molecule is NNC(Cc1cc(Br)ccc1F)C(C(F)(F)F)C(F)(F)F. The number of hydrogen-bond donors (Lipinski definition) is 2. The molecule has 0 aliphatic rings. The molecule has 1 rings (SSSR count). The summed E-state index contributed by atoms with van der Waals surface area (Å²) in [6.45, 7) is 0. The molecule has 3 N–H and O–H groups in total. The fourth-order valence-electron chi connectivity index (χ4n) is 1.85. The Kier molecular flexibility index (Phi) is 5.62. The van der Waals surface area contributed by atoms with Crippen LogP contribution in [0.4, 0.5) is 30.7 Å². The lowest BCUT2D eigenvalue weighted by atomic mass is 9.92. The van der Waals surface area contributed by atoms with Gasteiger partial charge in [-0.15, -0.1) is 0 Å². The minimum absolute atomic E-state index is 0.314. The average molecular weight is 383 g/mol. The average Bonchev–Trinajstić information content (AvgIpc) is 2.29. The van der Waals surface area contributed by atoms with Gasteiger partial charge < -0.3 is 0 Å². The van der Waals surface area contributed by atoms with Crippen LogP contribution in [0.15, 0.2) is 22.7 Å². The van der Waals surface area contributed by atoms with E-state index in [0.29, 0.717) is 4.47 Å². The van der Waals surface area contributed by atoms with E-state index in [1.807, 2.05) is 0 Å². The van der Waals surface area contributed by atoms with Crippen LogP contribution >= 0.6 is 15.9 Å². The van der Waals surface area contributed by atoms with Crippen molar-refractivity contribution in [3.63, 3.8) is 0 Å². The minimum atomic E-state index is -5.56. The summed E-state index contributed by atoms with van der Waals surface area (Å²) in [6, 6.07) is 1.07. The van der Waals surface area contributed by atoms with Gasteiger partial charge >= 0.3 is 12.4 Å². The molecular weight excluding hydrogens is 373 g/mol. The second kappa shape index (κ2) is 6.49. The van der Waals surface area contributed by atoms with Crippen LogP contribution in [0.2, 0.25) is 0 Å². The molecule has 0 radical (unpaired) electrons. The summed E-state index contributed by atoms with van der Waals surface area (Å²) in [5.74, 6) is 0.203. The van der Waals surface area contributed by atoms with E-state index in [9.17, 15) is 30.7 Å². The highest BCUT2D eigenvalue weighted by Crippen LogP contribution is 2.42. The van der Waals surface area contributed by atoms with Gasteiger partial charge in [0.15, 0.2) is 5.92 Å². The molecule has 0 aliphatic carbocycles. The maximum Gasteiger partial charge on any atom is 0.402 e. The number of alkyl halides is 6.